The van der Waals surface area contributed by atoms with E-state index < -0.39 is 0 Å². The Bertz CT molecular complexity index is 1130. The maximum Gasteiger partial charge on any atom is 0.232 e. The van der Waals surface area contributed by atoms with Gasteiger partial charge in [0.1, 0.15) is 11.5 Å². The Hall–Kier alpha value is -3.08. The lowest BCUT2D eigenvalue weighted by atomic mass is 9.69. The van der Waals surface area contributed by atoms with Gasteiger partial charge in [-0.15, -0.1) is 0 Å². The zero-order valence-corrected chi connectivity index (χ0v) is 19.7. The molecule has 4 rings (SSSR count). The fourth-order valence-electron chi connectivity index (χ4n) is 5.13. The van der Waals surface area contributed by atoms with Gasteiger partial charge in [-0.05, 0) is 55.5 Å². The third-order valence-corrected chi connectivity index (χ3v) is 6.55. The van der Waals surface area contributed by atoms with Gasteiger partial charge in [-0.25, -0.2) is 0 Å². The number of methoxy groups -OCH3 is 2. The largest absolute Gasteiger partial charge is 0.497 e. The highest BCUT2D eigenvalue weighted by Crippen LogP contribution is 2.50. The van der Waals surface area contributed by atoms with Gasteiger partial charge in [0.15, 0.2) is 5.78 Å². The van der Waals surface area contributed by atoms with Crippen LogP contribution in [0.1, 0.15) is 55.7 Å². The molecule has 5 nitrogen and oxygen atoms in total. The summed E-state index contributed by atoms with van der Waals surface area (Å²) in [7, 11) is 3.22. The van der Waals surface area contributed by atoms with Crippen molar-refractivity contribution in [3.63, 3.8) is 0 Å². The van der Waals surface area contributed by atoms with Gasteiger partial charge >= 0.3 is 0 Å². The van der Waals surface area contributed by atoms with Crippen LogP contribution >= 0.6 is 0 Å². The molecule has 32 heavy (non-hydrogen) atoms. The van der Waals surface area contributed by atoms with Gasteiger partial charge in [-0.3, -0.25) is 14.5 Å². The smallest absolute Gasteiger partial charge is 0.232 e. The SMILES string of the molecule is COc1ccc(OC)c(C2CC(=O)N(c3ccc(C)cc3C)C3=C2C(=O)CC(C)(C)C3)c1. The van der Waals surface area contributed by atoms with E-state index in [0.717, 1.165) is 33.6 Å². The number of nitrogens with zero attached hydrogens (tertiary/aromatic N) is 1. The molecule has 1 atom stereocenters. The molecule has 1 heterocycles. The van der Waals surface area contributed by atoms with Gasteiger partial charge in [0.25, 0.3) is 0 Å². The van der Waals surface area contributed by atoms with Gasteiger partial charge in [-0.2, -0.15) is 0 Å². The van der Waals surface area contributed by atoms with Crippen LogP contribution in [0.25, 0.3) is 0 Å². The monoisotopic (exact) mass is 433 g/mol. The number of ketones is 1. The van der Waals surface area contributed by atoms with E-state index in [1.54, 1.807) is 19.1 Å². The maximum absolute atomic E-state index is 13.7. The highest BCUT2D eigenvalue weighted by atomic mass is 16.5. The number of carbonyl (C=O) groups excluding carboxylic acids is 2. The zero-order valence-electron chi connectivity index (χ0n) is 19.7. The molecule has 0 saturated carbocycles. The summed E-state index contributed by atoms with van der Waals surface area (Å²) in [5.74, 6) is 1.08. The van der Waals surface area contributed by atoms with E-state index in [9.17, 15) is 9.59 Å². The summed E-state index contributed by atoms with van der Waals surface area (Å²) in [6, 6.07) is 11.6. The molecule has 0 N–H and O–H groups in total. The van der Waals surface area contributed by atoms with Crippen LogP contribution < -0.4 is 14.4 Å². The molecule has 5 heteroatoms. The summed E-state index contributed by atoms with van der Waals surface area (Å²) < 4.78 is 11.1. The molecule has 0 spiro atoms. The second kappa shape index (κ2) is 8.12. The predicted octanol–water partition coefficient (Wildman–Crippen LogP) is 5.48. The highest BCUT2D eigenvalue weighted by molar-refractivity contribution is 6.08. The average molecular weight is 434 g/mol. The van der Waals surface area contributed by atoms with Gasteiger partial charge in [0.2, 0.25) is 5.91 Å². The van der Waals surface area contributed by atoms with Crippen LogP contribution in [-0.4, -0.2) is 25.9 Å². The molecule has 2 aromatic rings. The number of amides is 1. The fraction of sp³-hybridized carbons (Fsp3) is 0.407. The Morgan fingerprint density at radius 1 is 0.969 bits per heavy atom. The molecule has 0 fully saturated rings. The Morgan fingerprint density at radius 3 is 2.38 bits per heavy atom. The molecule has 1 amide bonds. The minimum absolute atomic E-state index is 0.00363. The Labute approximate surface area is 190 Å². The molecule has 168 valence electrons. The Balaban J connectivity index is 1.95. The van der Waals surface area contributed by atoms with Gasteiger partial charge < -0.3 is 9.47 Å². The number of ether oxygens (including phenoxy) is 2. The molecule has 2 aromatic carbocycles. The molecular weight excluding hydrogens is 402 g/mol. The van der Waals surface area contributed by atoms with Crippen LogP contribution in [0.2, 0.25) is 0 Å². The van der Waals surface area contributed by atoms with Crippen LogP contribution in [-0.2, 0) is 9.59 Å². The van der Waals surface area contributed by atoms with Crippen molar-refractivity contribution in [2.24, 2.45) is 5.41 Å². The van der Waals surface area contributed by atoms with E-state index >= 15 is 0 Å². The van der Waals surface area contributed by atoms with E-state index in [1.807, 2.05) is 44.2 Å². The molecule has 0 bridgehead atoms. The molecular formula is C27H31NO4. The number of hydrogen-bond acceptors (Lipinski definition) is 4. The lowest BCUT2D eigenvalue weighted by Crippen LogP contribution is -2.44. The van der Waals surface area contributed by atoms with E-state index in [4.69, 9.17) is 9.47 Å². The summed E-state index contributed by atoms with van der Waals surface area (Å²) in [6.45, 7) is 8.24. The van der Waals surface area contributed by atoms with Crippen molar-refractivity contribution in [1.29, 1.82) is 0 Å². The number of allylic oxidation sites excluding steroid dienone is 2. The van der Waals surface area contributed by atoms with Crippen molar-refractivity contribution in [2.75, 3.05) is 19.1 Å². The number of rotatable bonds is 4. The quantitative estimate of drug-likeness (QED) is 0.640. The van der Waals surface area contributed by atoms with Crippen LogP contribution in [0.4, 0.5) is 5.69 Å². The number of Topliss-reactive ketones (excluding diaryl/α,β-unsaturated/α-hetero) is 1. The summed E-state index contributed by atoms with van der Waals surface area (Å²) in [4.78, 5) is 29.0. The highest BCUT2D eigenvalue weighted by Gasteiger charge is 2.45. The number of benzene rings is 2. The standard InChI is InChI=1S/C27H31NO4/c1-16-7-9-21(17(2)11-16)28-22-14-27(3,4)15-23(29)26(22)20(13-25(28)30)19-12-18(31-5)8-10-24(19)32-6/h7-12,20H,13-15H2,1-6H3. The first-order chi connectivity index (χ1) is 15.1. The van der Waals surface area contributed by atoms with Crippen molar-refractivity contribution in [3.05, 3.63) is 64.4 Å². The first-order valence-corrected chi connectivity index (χ1v) is 11.0. The van der Waals surface area contributed by atoms with Crippen molar-refractivity contribution in [1.82, 2.24) is 0 Å². The first-order valence-electron chi connectivity index (χ1n) is 11.0. The second-order valence-corrected chi connectivity index (χ2v) is 9.68. The lowest BCUT2D eigenvalue weighted by Gasteiger charge is -2.43. The fourth-order valence-corrected chi connectivity index (χ4v) is 5.13. The van der Waals surface area contributed by atoms with Crippen molar-refractivity contribution in [3.8, 4) is 11.5 Å². The molecule has 2 aliphatic rings. The molecule has 1 unspecified atom stereocenters. The lowest BCUT2D eigenvalue weighted by molar-refractivity contribution is -0.121. The number of carbonyl (C=O) groups is 2. The Kier molecular flexibility index (Phi) is 5.61. The van der Waals surface area contributed by atoms with Crippen LogP contribution in [0.15, 0.2) is 47.7 Å². The van der Waals surface area contributed by atoms with Crippen LogP contribution in [0.3, 0.4) is 0 Å². The van der Waals surface area contributed by atoms with Crippen molar-refractivity contribution in [2.45, 2.75) is 52.9 Å². The number of aryl methyl sites for hydroxylation is 2. The number of anilines is 1. The van der Waals surface area contributed by atoms with E-state index in [-0.39, 0.29) is 29.4 Å². The molecule has 1 aliphatic heterocycles. The zero-order chi connectivity index (χ0) is 23.2. The predicted molar refractivity (Wildman–Crippen MR) is 125 cm³/mol. The minimum atomic E-state index is -0.354. The average Bonchev–Trinajstić information content (AvgIpc) is 2.72. The molecule has 0 aromatic heterocycles. The van der Waals surface area contributed by atoms with Gasteiger partial charge in [-0.1, -0.05) is 31.5 Å². The molecule has 0 saturated heterocycles. The second-order valence-electron chi connectivity index (χ2n) is 9.68. The molecule has 1 aliphatic carbocycles. The van der Waals surface area contributed by atoms with Gasteiger partial charge in [0.05, 0.1) is 19.9 Å². The number of hydrogen-bond donors (Lipinski definition) is 0. The normalized spacial score (nSPS) is 20.3. The van der Waals surface area contributed by atoms with Gasteiger partial charge in [0, 0.05) is 35.6 Å². The third kappa shape index (κ3) is 3.81. The summed E-state index contributed by atoms with van der Waals surface area (Å²) >= 11 is 0. The van der Waals surface area contributed by atoms with E-state index in [1.165, 1.54) is 0 Å². The van der Waals surface area contributed by atoms with E-state index in [2.05, 4.69) is 19.9 Å². The Morgan fingerprint density at radius 2 is 1.72 bits per heavy atom. The van der Waals surface area contributed by atoms with Crippen LogP contribution in [0.5, 0.6) is 11.5 Å². The minimum Gasteiger partial charge on any atom is -0.497 e. The first kappa shape index (κ1) is 22.1. The van der Waals surface area contributed by atoms with Crippen molar-refractivity contribution >= 4 is 17.4 Å². The summed E-state index contributed by atoms with van der Waals surface area (Å²) in [6.07, 6.45) is 1.33. The third-order valence-electron chi connectivity index (χ3n) is 6.55. The summed E-state index contributed by atoms with van der Waals surface area (Å²) in [5.41, 5.74) is 5.19. The molecule has 0 radical (unpaired) electrons. The topological polar surface area (TPSA) is 55.8 Å². The summed E-state index contributed by atoms with van der Waals surface area (Å²) in [5, 5.41) is 0. The van der Waals surface area contributed by atoms with E-state index in [0.29, 0.717) is 24.3 Å². The van der Waals surface area contributed by atoms with Crippen molar-refractivity contribution < 1.29 is 19.1 Å². The van der Waals surface area contributed by atoms with Crippen LogP contribution in [0, 0.1) is 19.3 Å². The maximum atomic E-state index is 13.7.